The van der Waals surface area contributed by atoms with Crippen LogP contribution in [-0.4, -0.2) is 42.9 Å². The summed E-state index contributed by atoms with van der Waals surface area (Å²) >= 11 is 0. The summed E-state index contributed by atoms with van der Waals surface area (Å²) in [5, 5.41) is 0. The molecule has 10 nitrogen and oxygen atoms in total. The normalized spacial score (nSPS) is 13.6. The van der Waals surface area contributed by atoms with Gasteiger partial charge in [0.2, 0.25) is 0 Å². The highest BCUT2D eigenvalue weighted by Gasteiger charge is 2.43. The van der Waals surface area contributed by atoms with E-state index >= 15 is 0 Å². The Bertz CT molecular complexity index is 1790. The molecule has 4 aromatic rings. The van der Waals surface area contributed by atoms with Crippen molar-refractivity contribution < 1.29 is 35.9 Å². The van der Waals surface area contributed by atoms with E-state index in [0.717, 1.165) is 11.1 Å². The van der Waals surface area contributed by atoms with E-state index in [-0.39, 0.29) is 43.8 Å². The fourth-order valence-corrected chi connectivity index (χ4v) is 7.38. The Morgan fingerprint density at radius 1 is 0.524 bits per heavy atom. The second-order valence-electron chi connectivity index (χ2n) is 9.54. The molecule has 0 fully saturated rings. The summed E-state index contributed by atoms with van der Waals surface area (Å²) in [6.07, 6.45) is 0. The van der Waals surface area contributed by atoms with Crippen LogP contribution in [0.4, 0.5) is 11.4 Å². The molecule has 0 unspecified atom stereocenters. The Labute approximate surface area is 243 Å². The van der Waals surface area contributed by atoms with Gasteiger partial charge in [-0.25, -0.2) is 16.8 Å². The van der Waals surface area contributed by atoms with Gasteiger partial charge >= 0.3 is 0 Å². The van der Waals surface area contributed by atoms with Crippen LogP contribution >= 0.6 is 0 Å². The number of amides is 2. The van der Waals surface area contributed by atoms with Crippen LogP contribution in [0.2, 0.25) is 0 Å². The lowest BCUT2D eigenvalue weighted by Gasteiger charge is -2.32. The summed E-state index contributed by atoms with van der Waals surface area (Å²) in [7, 11) is -6.55. The minimum atomic E-state index is -4.61. The van der Waals surface area contributed by atoms with E-state index in [1.54, 1.807) is 38.1 Å². The monoisotopic (exact) mass is 606 g/mol. The van der Waals surface area contributed by atoms with Crippen molar-refractivity contribution in [2.45, 2.75) is 23.6 Å². The first-order valence-corrected chi connectivity index (χ1v) is 15.5. The maximum Gasteiger partial charge on any atom is 0.274 e. The zero-order chi connectivity index (χ0) is 30.4. The zero-order valence-electron chi connectivity index (χ0n) is 23.1. The second-order valence-corrected chi connectivity index (χ2v) is 13.1. The number of anilines is 2. The maximum atomic E-state index is 14.3. The van der Waals surface area contributed by atoms with Crippen molar-refractivity contribution in [2.75, 3.05) is 22.8 Å². The van der Waals surface area contributed by atoms with Gasteiger partial charge in [0.1, 0.15) is 11.5 Å². The third kappa shape index (κ3) is 4.78. The van der Waals surface area contributed by atoms with Gasteiger partial charge in [0.25, 0.3) is 31.9 Å². The molecule has 42 heavy (non-hydrogen) atoms. The van der Waals surface area contributed by atoms with Crippen LogP contribution in [0.15, 0.2) is 94.7 Å². The summed E-state index contributed by atoms with van der Waals surface area (Å²) in [5.41, 5.74) is 0.138. The summed E-state index contributed by atoms with van der Waals surface area (Å²) in [6.45, 7) is 3.56. The Morgan fingerprint density at radius 2 is 0.857 bits per heavy atom. The lowest BCUT2D eigenvalue weighted by atomic mass is 10.1. The first kappa shape index (κ1) is 28.8. The summed E-state index contributed by atoms with van der Waals surface area (Å²) in [4.78, 5) is 28.3. The van der Waals surface area contributed by atoms with Gasteiger partial charge in [0.05, 0.1) is 46.5 Å². The summed E-state index contributed by atoms with van der Waals surface area (Å²) in [5.74, 6) is -1.89. The number of carbonyl (C=O) groups excluding carboxylic acids is 2. The van der Waals surface area contributed by atoms with Crippen molar-refractivity contribution in [2.24, 2.45) is 0 Å². The molecule has 12 heteroatoms. The Balaban J connectivity index is 1.86. The molecule has 0 saturated heterocycles. The van der Waals surface area contributed by atoms with E-state index in [1.165, 1.54) is 74.9 Å². The van der Waals surface area contributed by atoms with Gasteiger partial charge in [0, 0.05) is 0 Å². The molecule has 0 atom stereocenters. The molecule has 0 aliphatic carbocycles. The summed E-state index contributed by atoms with van der Waals surface area (Å²) in [6, 6.07) is 19.3. The highest BCUT2D eigenvalue weighted by atomic mass is 32.2. The van der Waals surface area contributed by atoms with E-state index < -0.39 is 31.9 Å². The molecule has 216 valence electrons. The number of benzene rings is 4. The number of hydrogen-bond acceptors (Lipinski definition) is 8. The summed E-state index contributed by atoms with van der Waals surface area (Å²) < 4.78 is 67.9. The lowest BCUT2D eigenvalue weighted by molar-refractivity contribution is 0.0996. The Kier molecular flexibility index (Phi) is 7.29. The Hall–Kier alpha value is -4.68. The molecule has 0 N–H and O–H groups in total. The van der Waals surface area contributed by atoms with Crippen molar-refractivity contribution in [3.8, 4) is 11.5 Å². The highest BCUT2D eigenvalue weighted by molar-refractivity contribution is 7.94. The molecular formula is C30H26N2O8S2. The van der Waals surface area contributed by atoms with E-state index in [2.05, 4.69) is 0 Å². The first-order chi connectivity index (χ1) is 19.9. The van der Waals surface area contributed by atoms with E-state index in [9.17, 15) is 26.4 Å². The van der Waals surface area contributed by atoms with Crippen molar-refractivity contribution in [1.82, 2.24) is 0 Å². The first-order valence-electron chi connectivity index (χ1n) is 12.6. The number of fused-ring (bicyclic) bond motifs is 2. The average molecular weight is 607 g/mol. The van der Waals surface area contributed by atoms with Crippen LogP contribution in [0.3, 0.4) is 0 Å². The number of ether oxygens (including phenoxy) is 2. The van der Waals surface area contributed by atoms with E-state index in [4.69, 9.17) is 9.47 Å². The number of rotatable bonds is 6. The number of hydrogen-bond donors (Lipinski definition) is 0. The van der Waals surface area contributed by atoms with Crippen molar-refractivity contribution in [1.29, 1.82) is 0 Å². The quantitative estimate of drug-likeness (QED) is 0.309. The van der Waals surface area contributed by atoms with Crippen molar-refractivity contribution in [3.63, 3.8) is 0 Å². The molecule has 1 heterocycles. The molecule has 0 spiro atoms. The molecule has 1 aliphatic heterocycles. The standard InChI is InChI=1S/C30H26N2O8S2/c1-19-5-11-23(12-6-19)41(35,36)31-27-15-9-21(39-3)17-25(27)30(34)32(42(37,38)24-13-7-20(2)8-14-24)28-16-10-22(40-4)18-26(28)29(31)33/h5-18H,1-4H3. The van der Waals surface area contributed by atoms with Crippen LogP contribution in [0.5, 0.6) is 11.5 Å². The molecule has 4 aromatic carbocycles. The molecule has 5 rings (SSSR count). The predicted molar refractivity (Wildman–Crippen MR) is 156 cm³/mol. The SMILES string of the molecule is COc1ccc2c(c1)C(=O)N(S(=O)(=O)c1ccc(C)cc1)c1ccc(OC)cc1C(=O)N2S(=O)(=O)c1ccc(C)cc1. The van der Waals surface area contributed by atoms with Gasteiger partial charge < -0.3 is 9.47 Å². The molecule has 0 radical (unpaired) electrons. The topological polar surface area (TPSA) is 127 Å². The van der Waals surface area contributed by atoms with E-state index in [0.29, 0.717) is 8.61 Å². The number of aryl methyl sites for hydroxylation is 2. The third-order valence-electron chi connectivity index (χ3n) is 6.79. The smallest absolute Gasteiger partial charge is 0.274 e. The number of nitrogens with zero attached hydrogens (tertiary/aromatic N) is 2. The van der Waals surface area contributed by atoms with Gasteiger partial charge in [0.15, 0.2) is 0 Å². The maximum absolute atomic E-state index is 14.3. The number of sulfonamides is 2. The number of methoxy groups -OCH3 is 2. The molecule has 0 saturated carbocycles. The van der Waals surface area contributed by atoms with Gasteiger partial charge in [-0.1, -0.05) is 35.4 Å². The van der Waals surface area contributed by atoms with Crippen LogP contribution in [0, 0.1) is 13.8 Å². The van der Waals surface area contributed by atoms with Crippen molar-refractivity contribution in [3.05, 3.63) is 107 Å². The molecular weight excluding hydrogens is 580 g/mol. The minimum absolute atomic E-state index is 0.144. The van der Waals surface area contributed by atoms with Gasteiger partial charge in [-0.3, -0.25) is 9.59 Å². The van der Waals surface area contributed by atoms with Crippen LogP contribution in [0.25, 0.3) is 0 Å². The minimum Gasteiger partial charge on any atom is -0.497 e. The molecule has 0 aromatic heterocycles. The molecule has 0 bridgehead atoms. The lowest BCUT2D eigenvalue weighted by Crippen LogP contribution is -2.45. The van der Waals surface area contributed by atoms with Gasteiger partial charge in [-0.2, -0.15) is 8.61 Å². The fraction of sp³-hybridized carbons (Fsp3) is 0.133. The van der Waals surface area contributed by atoms with Gasteiger partial charge in [-0.05, 0) is 74.5 Å². The van der Waals surface area contributed by atoms with Gasteiger partial charge in [-0.15, -0.1) is 0 Å². The van der Waals surface area contributed by atoms with Crippen molar-refractivity contribution >= 4 is 43.2 Å². The fourth-order valence-electron chi connectivity index (χ4n) is 4.53. The average Bonchev–Trinajstić information content (AvgIpc) is 2.97. The zero-order valence-corrected chi connectivity index (χ0v) is 24.7. The largest absolute Gasteiger partial charge is 0.497 e. The molecule has 1 aliphatic rings. The van der Waals surface area contributed by atoms with E-state index in [1.807, 2.05) is 0 Å². The molecule has 2 amide bonds. The highest BCUT2D eigenvalue weighted by Crippen LogP contribution is 2.40. The Morgan fingerprint density at radius 3 is 1.17 bits per heavy atom. The third-order valence-corrected chi connectivity index (χ3v) is 10.2. The van der Waals surface area contributed by atoms with Crippen LogP contribution in [-0.2, 0) is 20.0 Å². The predicted octanol–water partition coefficient (Wildman–Crippen LogP) is 4.71. The van der Waals surface area contributed by atoms with Crippen LogP contribution in [0.1, 0.15) is 31.8 Å². The van der Waals surface area contributed by atoms with Crippen LogP contribution < -0.4 is 18.1 Å². The second kappa shape index (κ2) is 10.6. The number of carbonyl (C=O) groups is 2.